The molecule has 0 aliphatic rings. The number of imidazole rings is 1. The first-order valence-corrected chi connectivity index (χ1v) is 5.31. The van der Waals surface area contributed by atoms with Crippen LogP contribution in [0, 0.1) is 0 Å². The zero-order chi connectivity index (χ0) is 11.9. The van der Waals surface area contributed by atoms with E-state index in [1.54, 1.807) is 0 Å². The van der Waals surface area contributed by atoms with Crippen LogP contribution in [0.15, 0.2) is 18.3 Å². The Hall–Kier alpha value is -1.55. The van der Waals surface area contributed by atoms with Crippen molar-refractivity contribution in [1.82, 2.24) is 9.38 Å². The molecule has 0 bridgehead atoms. The van der Waals surface area contributed by atoms with E-state index in [0.29, 0.717) is 5.82 Å². The maximum atomic E-state index is 9.08. The van der Waals surface area contributed by atoms with Crippen LogP contribution in [-0.2, 0) is 12.0 Å². The van der Waals surface area contributed by atoms with Crippen molar-refractivity contribution < 1.29 is 5.11 Å². The van der Waals surface area contributed by atoms with Gasteiger partial charge >= 0.3 is 0 Å². The molecule has 0 atom stereocenters. The van der Waals surface area contributed by atoms with Crippen molar-refractivity contribution in [1.29, 1.82) is 0 Å². The predicted octanol–water partition coefficient (Wildman–Crippen LogP) is 1.71. The zero-order valence-electron chi connectivity index (χ0n) is 9.86. The van der Waals surface area contributed by atoms with E-state index in [-0.39, 0.29) is 12.0 Å². The van der Waals surface area contributed by atoms with E-state index in [2.05, 4.69) is 25.8 Å². The lowest BCUT2D eigenvalue weighted by molar-refractivity contribution is 0.281. The number of hydrogen-bond acceptors (Lipinski definition) is 3. The summed E-state index contributed by atoms with van der Waals surface area (Å²) in [5, 5.41) is 9.08. The summed E-state index contributed by atoms with van der Waals surface area (Å²) in [4.78, 5) is 4.52. The molecule has 0 aromatic carbocycles. The second-order valence-electron chi connectivity index (χ2n) is 5.02. The van der Waals surface area contributed by atoms with E-state index >= 15 is 0 Å². The monoisotopic (exact) mass is 219 g/mol. The van der Waals surface area contributed by atoms with Gasteiger partial charge in [0.05, 0.1) is 12.3 Å². The Morgan fingerprint density at radius 3 is 2.62 bits per heavy atom. The molecule has 2 rings (SSSR count). The molecule has 4 heteroatoms. The quantitative estimate of drug-likeness (QED) is 0.767. The standard InChI is InChI=1S/C12H17N3O/c1-12(2,3)10-11(13)15-6-8(7-16)4-5-9(15)14-10/h4-6,16H,7,13H2,1-3H3. The molecule has 4 nitrogen and oxygen atoms in total. The minimum absolute atomic E-state index is 0.0123. The Morgan fingerprint density at radius 1 is 1.38 bits per heavy atom. The first kappa shape index (κ1) is 11.0. The van der Waals surface area contributed by atoms with Gasteiger partial charge in [0.1, 0.15) is 11.5 Å². The van der Waals surface area contributed by atoms with Gasteiger partial charge in [-0.3, -0.25) is 4.40 Å². The third-order valence-corrected chi connectivity index (χ3v) is 2.61. The molecule has 0 saturated carbocycles. The van der Waals surface area contributed by atoms with Crippen molar-refractivity contribution in [3.8, 4) is 0 Å². The largest absolute Gasteiger partial charge is 0.392 e. The molecule has 0 amide bonds. The van der Waals surface area contributed by atoms with Crippen molar-refractivity contribution in [2.45, 2.75) is 32.8 Å². The average molecular weight is 219 g/mol. The van der Waals surface area contributed by atoms with Crippen molar-refractivity contribution in [2.75, 3.05) is 5.73 Å². The van der Waals surface area contributed by atoms with Crippen LogP contribution >= 0.6 is 0 Å². The highest BCUT2D eigenvalue weighted by molar-refractivity contribution is 5.55. The molecule has 0 aliphatic carbocycles. The Bertz CT molecular complexity index is 523. The highest BCUT2D eigenvalue weighted by atomic mass is 16.3. The molecule has 0 saturated heterocycles. The first-order valence-electron chi connectivity index (χ1n) is 5.31. The fourth-order valence-corrected chi connectivity index (χ4v) is 1.75. The summed E-state index contributed by atoms with van der Waals surface area (Å²) in [6.45, 7) is 6.26. The van der Waals surface area contributed by atoms with Gasteiger partial charge in [0.25, 0.3) is 0 Å². The Labute approximate surface area is 94.7 Å². The molecule has 0 radical (unpaired) electrons. The number of aliphatic hydroxyl groups excluding tert-OH is 1. The number of aromatic nitrogens is 2. The summed E-state index contributed by atoms with van der Waals surface area (Å²) in [7, 11) is 0. The first-order chi connectivity index (χ1) is 7.43. The number of fused-ring (bicyclic) bond motifs is 1. The molecule has 86 valence electrons. The second kappa shape index (κ2) is 3.49. The van der Waals surface area contributed by atoms with E-state index in [4.69, 9.17) is 10.8 Å². The molecule has 0 unspecified atom stereocenters. The van der Waals surface area contributed by atoms with E-state index in [1.807, 2.05) is 22.7 Å². The summed E-state index contributed by atoms with van der Waals surface area (Å²) in [6, 6.07) is 3.73. The van der Waals surface area contributed by atoms with E-state index in [0.717, 1.165) is 16.9 Å². The number of anilines is 1. The van der Waals surface area contributed by atoms with Crippen molar-refractivity contribution in [3.63, 3.8) is 0 Å². The number of pyridine rings is 1. The predicted molar refractivity (Wildman–Crippen MR) is 64.2 cm³/mol. The molecule has 2 aromatic rings. The molecular formula is C12H17N3O. The molecule has 0 fully saturated rings. The van der Waals surface area contributed by atoms with Gasteiger partial charge in [-0.1, -0.05) is 26.8 Å². The lowest BCUT2D eigenvalue weighted by Crippen LogP contribution is -2.14. The normalized spacial score (nSPS) is 12.2. The lowest BCUT2D eigenvalue weighted by Gasteiger charge is -2.15. The number of nitrogen functional groups attached to an aromatic ring is 1. The van der Waals surface area contributed by atoms with E-state index < -0.39 is 0 Å². The fourth-order valence-electron chi connectivity index (χ4n) is 1.75. The minimum atomic E-state index is -0.0739. The van der Waals surface area contributed by atoms with Gasteiger partial charge in [-0.25, -0.2) is 4.98 Å². The number of aliphatic hydroxyl groups is 1. The topological polar surface area (TPSA) is 63.5 Å². The van der Waals surface area contributed by atoms with Crippen LogP contribution in [0.2, 0.25) is 0 Å². The van der Waals surface area contributed by atoms with Crippen LogP contribution in [0.3, 0.4) is 0 Å². The number of hydrogen-bond donors (Lipinski definition) is 2. The van der Waals surface area contributed by atoms with Crippen LogP contribution < -0.4 is 5.73 Å². The third-order valence-electron chi connectivity index (χ3n) is 2.61. The smallest absolute Gasteiger partial charge is 0.138 e. The SMILES string of the molecule is CC(C)(C)c1nc2ccc(CO)cn2c1N. The van der Waals surface area contributed by atoms with Gasteiger partial charge in [-0.15, -0.1) is 0 Å². The summed E-state index contributed by atoms with van der Waals surface area (Å²) in [5.74, 6) is 0.651. The molecule has 0 spiro atoms. The molecule has 0 aliphatic heterocycles. The van der Waals surface area contributed by atoms with Gasteiger partial charge in [-0.2, -0.15) is 0 Å². The highest BCUT2D eigenvalue weighted by Gasteiger charge is 2.22. The maximum absolute atomic E-state index is 9.08. The van der Waals surface area contributed by atoms with Gasteiger partial charge in [0.2, 0.25) is 0 Å². The van der Waals surface area contributed by atoms with Crippen LogP contribution in [0.1, 0.15) is 32.0 Å². The zero-order valence-corrected chi connectivity index (χ0v) is 9.86. The molecule has 3 N–H and O–H groups in total. The number of nitrogens with two attached hydrogens (primary N) is 1. The van der Waals surface area contributed by atoms with Crippen molar-refractivity contribution >= 4 is 11.5 Å². The fraction of sp³-hybridized carbons (Fsp3) is 0.417. The summed E-state index contributed by atoms with van der Waals surface area (Å²) >= 11 is 0. The van der Waals surface area contributed by atoms with Crippen LogP contribution in [-0.4, -0.2) is 14.5 Å². The van der Waals surface area contributed by atoms with Crippen LogP contribution in [0.25, 0.3) is 5.65 Å². The van der Waals surface area contributed by atoms with E-state index in [1.165, 1.54) is 0 Å². The highest BCUT2D eigenvalue weighted by Crippen LogP contribution is 2.27. The van der Waals surface area contributed by atoms with Crippen molar-refractivity contribution in [3.05, 3.63) is 29.6 Å². The van der Waals surface area contributed by atoms with Gasteiger partial charge < -0.3 is 10.8 Å². The molecular weight excluding hydrogens is 202 g/mol. The van der Waals surface area contributed by atoms with Gasteiger partial charge in [0.15, 0.2) is 0 Å². The molecule has 16 heavy (non-hydrogen) atoms. The number of nitrogens with zero attached hydrogens (tertiary/aromatic N) is 2. The van der Waals surface area contributed by atoms with Gasteiger partial charge in [0, 0.05) is 11.6 Å². The maximum Gasteiger partial charge on any atom is 0.138 e. The Kier molecular flexibility index (Phi) is 2.39. The Morgan fingerprint density at radius 2 is 2.06 bits per heavy atom. The van der Waals surface area contributed by atoms with Crippen molar-refractivity contribution in [2.24, 2.45) is 0 Å². The Balaban J connectivity index is 2.69. The molecule has 2 aromatic heterocycles. The van der Waals surface area contributed by atoms with Crippen LogP contribution in [0.4, 0.5) is 5.82 Å². The summed E-state index contributed by atoms with van der Waals surface area (Å²) in [5.41, 5.74) is 8.53. The second-order valence-corrected chi connectivity index (χ2v) is 5.02. The lowest BCUT2D eigenvalue weighted by atomic mass is 9.92. The molecule has 2 heterocycles. The summed E-state index contributed by atoms with van der Waals surface area (Å²) in [6.07, 6.45) is 1.83. The summed E-state index contributed by atoms with van der Waals surface area (Å²) < 4.78 is 1.83. The van der Waals surface area contributed by atoms with Crippen LogP contribution in [0.5, 0.6) is 0 Å². The average Bonchev–Trinajstić information content (AvgIpc) is 2.55. The minimum Gasteiger partial charge on any atom is -0.392 e. The van der Waals surface area contributed by atoms with E-state index in [9.17, 15) is 0 Å². The number of rotatable bonds is 1. The van der Waals surface area contributed by atoms with Gasteiger partial charge in [-0.05, 0) is 11.6 Å². The third kappa shape index (κ3) is 1.65.